The highest BCUT2D eigenvalue weighted by Crippen LogP contribution is 2.90. The van der Waals surface area contributed by atoms with Crippen LogP contribution < -0.4 is 0 Å². The molecule has 0 aromatic rings. The van der Waals surface area contributed by atoms with Gasteiger partial charge in [0.25, 0.3) is 11.8 Å². The van der Waals surface area contributed by atoms with Crippen molar-refractivity contribution in [1.82, 2.24) is 0 Å². The zero-order valence-corrected chi connectivity index (χ0v) is 14.4. The number of rotatable bonds is 2. The van der Waals surface area contributed by atoms with Gasteiger partial charge in [-0.1, -0.05) is 22.8 Å². The summed E-state index contributed by atoms with van der Waals surface area (Å²) in [5.41, 5.74) is -2.03. The molecule has 1 aliphatic heterocycles. The quantitative estimate of drug-likeness (QED) is 0.471. The highest BCUT2D eigenvalue weighted by atomic mass is 35.9. The summed E-state index contributed by atoms with van der Waals surface area (Å²) < 4.78 is 12.5. The normalized spacial score (nSPS) is 27.0. The fraction of sp³-hybridized carbons (Fsp3) is 1.00. The molecule has 0 radical (unpaired) electrons. The summed E-state index contributed by atoms with van der Waals surface area (Å²) in [7, 11) is 0. The number of hydrogen-bond acceptors (Lipinski definition) is 5. The number of nitrogens with zero attached hydrogens (tertiary/aromatic N) is 3. The molecule has 14 heavy (non-hydrogen) atoms. The van der Waals surface area contributed by atoms with E-state index < -0.39 is 17.4 Å². The molecule has 3 nitrogen and oxygen atoms in total. The first-order valence-corrected chi connectivity index (χ1v) is 15.4. The van der Waals surface area contributed by atoms with Gasteiger partial charge in [-0.3, -0.25) is 0 Å². The Hall–Kier alpha value is 2.55. The largest absolute Gasteiger partial charge is 0.257 e. The summed E-state index contributed by atoms with van der Waals surface area (Å²) in [5, 5.41) is 0. The van der Waals surface area contributed by atoms with Gasteiger partial charge >= 0.3 is 0 Å². The molecule has 0 bridgehead atoms. The first-order chi connectivity index (χ1) is 6.24. The molecule has 0 fully saturated rings. The maximum atomic E-state index is 5.94. The minimum absolute atomic E-state index is 1.50. The molecule has 1 rings (SSSR count). The molecule has 0 aromatic heterocycles. The van der Waals surface area contributed by atoms with E-state index in [2.05, 4.69) is 13.5 Å². The molecule has 0 spiro atoms. The van der Waals surface area contributed by atoms with Crippen LogP contribution in [0.2, 0.25) is 0 Å². The molecule has 0 aromatic carbocycles. The van der Waals surface area contributed by atoms with Crippen LogP contribution in [0.4, 0.5) is 0 Å². The Kier molecular flexibility index (Phi) is 5.26. The average molecular weight is 371 g/mol. The minimum atomic E-state index is -2.72. The second-order valence-electron chi connectivity index (χ2n) is 2.04. The van der Waals surface area contributed by atoms with Crippen molar-refractivity contribution in [3.05, 3.63) is 0 Å². The molecule has 1 aliphatic rings. The maximum absolute atomic E-state index is 5.94. The maximum Gasteiger partial charge on any atom is 0.257 e. The van der Waals surface area contributed by atoms with Gasteiger partial charge < -0.3 is 0 Å². The molecule has 0 N–H and O–H groups in total. The van der Waals surface area contributed by atoms with Crippen molar-refractivity contribution in [1.29, 1.82) is 0 Å². The zero-order valence-electron chi connectivity index (χ0n) is 7.01. The van der Waals surface area contributed by atoms with Crippen LogP contribution in [-0.4, -0.2) is 12.5 Å². The van der Waals surface area contributed by atoms with Crippen molar-refractivity contribution in [2.45, 2.75) is 0 Å². The van der Waals surface area contributed by atoms with Gasteiger partial charge in [-0.15, -0.1) is 0 Å². The Balaban J connectivity index is 3.46. The van der Waals surface area contributed by atoms with Crippen molar-refractivity contribution in [3.63, 3.8) is 0 Å². The van der Waals surface area contributed by atoms with Crippen LogP contribution in [0, 0.1) is 0 Å². The van der Waals surface area contributed by atoms with Crippen molar-refractivity contribution < 1.29 is 0 Å². The van der Waals surface area contributed by atoms with Crippen LogP contribution >= 0.6 is 85.2 Å². The molecule has 1 heterocycles. The molecule has 0 saturated heterocycles. The first kappa shape index (κ1) is 14.6. The summed E-state index contributed by atoms with van der Waals surface area (Å²) in [6.45, 7) is 0. The monoisotopic (exact) mass is 369 g/mol. The Morgan fingerprint density at radius 1 is 0.786 bits per heavy atom. The second-order valence-corrected chi connectivity index (χ2v) is 20.4. The third kappa shape index (κ3) is 3.79. The lowest BCUT2D eigenvalue weighted by molar-refractivity contribution is 1.80. The lowest BCUT2D eigenvalue weighted by Crippen LogP contribution is -1.69. The van der Waals surface area contributed by atoms with E-state index >= 15 is 0 Å². The minimum Gasteiger partial charge on any atom is -0.193 e. The standard InChI is InChI=1S/C2H6Cl4N3P3S2/c1-13-12(14-2)8-10(3,4)7-11(5,6)9-12/h1-2H3. The SMILES string of the molecule is CSP1(SC)=NP(Cl)(Cl)=NP(Cl)(Cl)=N1. The van der Waals surface area contributed by atoms with E-state index in [1.54, 1.807) is 0 Å². The van der Waals surface area contributed by atoms with Gasteiger partial charge in [0.2, 0.25) is 0 Å². The zero-order chi connectivity index (χ0) is 11.0. The molecule has 0 aliphatic carbocycles. The summed E-state index contributed by atoms with van der Waals surface area (Å²) >= 11 is 26.8. The van der Waals surface area contributed by atoms with Crippen molar-refractivity contribution >= 4 is 85.2 Å². The van der Waals surface area contributed by atoms with Crippen LogP contribution in [0.15, 0.2) is 13.5 Å². The van der Waals surface area contributed by atoms with Gasteiger partial charge in [-0.2, -0.15) is 13.5 Å². The smallest absolute Gasteiger partial charge is 0.193 e. The van der Waals surface area contributed by atoms with E-state index in [-0.39, 0.29) is 0 Å². The van der Waals surface area contributed by atoms with Gasteiger partial charge in [0.15, 0.2) is 5.61 Å². The van der Waals surface area contributed by atoms with E-state index in [9.17, 15) is 0 Å². The number of hydrogen-bond donors (Lipinski definition) is 0. The molecule has 0 amide bonds. The van der Waals surface area contributed by atoms with Gasteiger partial charge in [0.1, 0.15) is 0 Å². The third-order valence-corrected chi connectivity index (χ3v) is 20.4. The van der Waals surface area contributed by atoms with E-state index in [0.717, 1.165) is 0 Å². The molecule has 12 heteroatoms. The summed E-state index contributed by atoms with van der Waals surface area (Å²) in [6.07, 6.45) is 3.79. The second kappa shape index (κ2) is 5.04. The molecule has 84 valence electrons. The van der Waals surface area contributed by atoms with Crippen molar-refractivity contribution in [2.24, 2.45) is 13.5 Å². The van der Waals surface area contributed by atoms with E-state index in [1.807, 2.05) is 12.5 Å². The fourth-order valence-corrected chi connectivity index (χ4v) is 26.0. The van der Waals surface area contributed by atoms with Gasteiger partial charge in [0, 0.05) is 0 Å². The van der Waals surface area contributed by atoms with Crippen LogP contribution in [0.5, 0.6) is 0 Å². The van der Waals surface area contributed by atoms with E-state index in [1.165, 1.54) is 22.8 Å². The summed E-state index contributed by atoms with van der Waals surface area (Å²) in [5.74, 6) is -5.44. The lowest BCUT2D eigenvalue weighted by atomic mass is 12.0. The van der Waals surface area contributed by atoms with E-state index in [4.69, 9.17) is 45.0 Å². The highest BCUT2D eigenvalue weighted by molar-refractivity contribution is 8.91. The summed E-state index contributed by atoms with van der Waals surface area (Å²) in [4.78, 5) is 0. The molecular formula is C2H6Cl4N3P3S2. The third-order valence-electron chi connectivity index (χ3n) is 1.13. The predicted molar refractivity (Wildman–Crippen MR) is 78.5 cm³/mol. The van der Waals surface area contributed by atoms with Gasteiger partial charge in [-0.25, -0.2) is 0 Å². The van der Waals surface area contributed by atoms with Crippen LogP contribution in [0.1, 0.15) is 0 Å². The Labute approximate surface area is 110 Å². The van der Waals surface area contributed by atoms with Gasteiger partial charge in [0.05, 0.1) is 0 Å². The fourth-order valence-electron chi connectivity index (χ4n) is 0.676. The molecule has 0 saturated carbocycles. The lowest BCUT2D eigenvalue weighted by Gasteiger charge is -2.22. The Bertz CT molecular complexity index is 379. The number of halogens is 4. The molecular weight excluding hydrogens is 365 g/mol. The Morgan fingerprint density at radius 3 is 1.57 bits per heavy atom. The predicted octanol–water partition coefficient (Wildman–Crippen LogP) is 7.52. The van der Waals surface area contributed by atoms with Crippen LogP contribution in [0.25, 0.3) is 0 Å². The topological polar surface area (TPSA) is 37.1 Å². The van der Waals surface area contributed by atoms with Crippen LogP contribution in [-0.2, 0) is 0 Å². The summed E-state index contributed by atoms with van der Waals surface area (Å²) in [6, 6.07) is 0. The van der Waals surface area contributed by atoms with E-state index in [0.29, 0.717) is 0 Å². The molecule has 0 unspecified atom stereocenters. The van der Waals surface area contributed by atoms with Crippen LogP contribution in [0.3, 0.4) is 0 Å². The first-order valence-electron chi connectivity index (χ1n) is 3.06. The van der Waals surface area contributed by atoms with Crippen molar-refractivity contribution in [3.8, 4) is 0 Å². The van der Waals surface area contributed by atoms with Crippen molar-refractivity contribution in [2.75, 3.05) is 12.5 Å². The average Bonchev–Trinajstić information content (AvgIpc) is 1.98. The van der Waals surface area contributed by atoms with Gasteiger partial charge in [-0.05, 0) is 57.5 Å². The molecule has 0 atom stereocenters. The Morgan fingerprint density at radius 2 is 1.21 bits per heavy atom. The highest BCUT2D eigenvalue weighted by Gasteiger charge is 2.32.